The molecular weight excluding hydrogens is 295 g/mol. The van der Waals surface area contributed by atoms with Crippen molar-refractivity contribution >= 4 is 23.2 Å². The Morgan fingerprint density at radius 1 is 1.30 bits per heavy atom. The van der Waals surface area contributed by atoms with Gasteiger partial charge in [-0.25, -0.2) is 0 Å². The molecule has 0 amide bonds. The second-order valence-electron chi connectivity index (χ2n) is 5.17. The molecule has 1 N–H and O–H groups in total. The van der Waals surface area contributed by atoms with Gasteiger partial charge in [0.2, 0.25) is 0 Å². The molecule has 1 aliphatic rings. The highest BCUT2D eigenvalue weighted by Crippen LogP contribution is 2.29. The zero-order chi connectivity index (χ0) is 13.9. The number of hydrogen-bond donors (Lipinski definition) is 1. The van der Waals surface area contributed by atoms with Crippen LogP contribution in [0.25, 0.3) is 0 Å². The van der Waals surface area contributed by atoms with Crippen LogP contribution in [0.15, 0.2) is 24.7 Å². The number of aromatic amines is 1. The normalized spacial score (nSPS) is 20.2. The van der Waals surface area contributed by atoms with Crippen LogP contribution in [0.1, 0.15) is 30.0 Å². The van der Waals surface area contributed by atoms with Gasteiger partial charge in [0.25, 0.3) is 0 Å². The molecule has 20 heavy (non-hydrogen) atoms. The average molecular weight is 311 g/mol. The van der Waals surface area contributed by atoms with Gasteiger partial charge < -0.3 is 0 Å². The first-order chi connectivity index (χ1) is 9.74. The van der Waals surface area contributed by atoms with E-state index in [1.807, 2.05) is 6.20 Å². The number of halogens is 2. The van der Waals surface area contributed by atoms with E-state index in [0.29, 0.717) is 16.0 Å². The van der Waals surface area contributed by atoms with Crippen LogP contribution in [-0.2, 0) is 6.54 Å². The lowest BCUT2D eigenvalue weighted by atomic mass is 9.94. The molecule has 0 aliphatic carbocycles. The molecule has 1 fully saturated rings. The Bertz CT molecular complexity index is 550. The minimum atomic E-state index is 0.505. The van der Waals surface area contributed by atoms with E-state index in [2.05, 4.69) is 26.1 Å². The van der Waals surface area contributed by atoms with E-state index in [9.17, 15) is 0 Å². The van der Waals surface area contributed by atoms with Gasteiger partial charge in [0.1, 0.15) is 0 Å². The van der Waals surface area contributed by atoms with Crippen LogP contribution in [0.2, 0.25) is 10.0 Å². The van der Waals surface area contributed by atoms with Gasteiger partial charge in [0, 0.05) is 48.9 Å². The zero-order valence-corrected chi connectivity index (χ0v) is 12.5. The maximum atomic E-state index is 6.19. The fourth-order valence-corrected chi connectivity index (χ4v) is 3.24. The maximum absolute atomic E-state index is 6.19. The van der Waals surface area contributed by atoms with Crippen LogP contribution in [0.5, 0.6) is 0 Å². The third-order valence-corrected chi connectivity index (χ3v) is 4.45. The lowest BCUT2D eigenvalue weighted by molar-refractivity contribution is 0.198. The third kappa shape index (κ3) is 2.97. The summed E-state index contributed by atoms with van der Waals surface area (Å²) in [6.45, 7) is 2.83. The van der Waals surface area contributed by atoms with E-state index in [4.69, 9.17) is 23.2 Å². The summed E-state index contributed by atoms with van der Waals surface area (Å²) in [5, 5.41) is 8.40. The summed E-state index contributed by atoms with van der Waals surface area (Å²) in [6.07, 6.45) is 7.48. The first-order valence-corrected chi connectivity index (χ1v) is 7.49. The predicted molar refractivity (Wildman–Crippen MR) is 80.1 cm³/mol. The highest BCUT2D eigenvalue weighted by atomic mass is 35.5. The molecule has 3 heterocycles. The van der Waals surface area contributed by atoms with Gasteiger partial charge in [0.05, 0.1) is 10.0 Å². The van der Waals surface area contributed by atoms with Crippen LogP contribution in [0.3, 0.4) is 0 Å². The number of nitrogens with zero attached hydrogens (tertiary/aromatic N) is 3. The number of piperidine rings is 1. The minimum absolute atomic E-state index is 0.505. The van der Waals surface area contributed by atoms with E-state index >= 15 is 0 Å². The van der Waals surface area contributed by atoms with Gasteiger partial charge in [-0.3, -0.25) is 15.0 Å². The van der Waals surface area contributed by atoms with Gasteiger partial charge in [0.15, 0.2) is 0 Å². The molecule has 0 bridgehead atoms. The standard InChI is InChI=1S/C14H16Cl2N4/c15-12-6-17-7-13(16)11(12)9-20-5-1-2-10(8-20)14-3-4-18-19-14/h3-4,6-7,10H,1-2,5,8-9H2,(H,18,19). The van der Waals surface area contributed by atoms with Crippen molar-refractivity contribution in [3.8, 4) is 0 Å². The predicted octanol–water partition coefficient (Wildman–Crippen LogP) is 3.49. The summed E-state index contributed by atoms with van der Waals surface area (Å²) in [7, 11) is 0. The quantitative estimate of drug-likeness (QED) is 0.943. The second-order valence-corrected chi connectivity index (χ2v) is 5.98. The molecule has 0 radical (unpaired) electrons. The van der Waals surface area contributed by atoms with Crippen molar-refractivity contribution in [3.63, 3.8) is 0 Å². The van der Waals surface area contributed by atoms with Crippen LogP contribution >= 0.6 is 23.2 Å². The van der Waals surface area contributed by atoms with E-state index < -0.39 is 0 Å². The molecule has 2 aromatic heterocycles. The Labute approximate surface area is 128 Å². The van der Waals surface area contributed by atoms with Gasteiger partial charge in [-0.2, -0.15) is 5.10 Å². The second kappa shape index (κ2) is 6.12. The summed E-state index contributed by atoms with van der Waals surface area (Å²) in [5.74, 6) is 0.505. The van der Waals surface area contributed by atoms with Gasteiger partial charge in [-0.15, -0.1) is 0 Å². The molecule has 1 saturated heterocycles. The summed E-state index contributed by atoms with van der Waals surface area (Å²) >= 11 is 12.4. The molecule has 1 aliphatic heterocycles. The number of nitrogens with one attached hydrogen (secondary N) is 1. The Balaban J connectivity index is 1.72. The van der Waals surface area contributed by atoms with Crippen molar-refractivity contribution in [1.29, 1.82) is 0 Å². The first kappa shape index (κ1) is 13.9. The molecular formula is C14H16Cl2N4. The van der Waals surface area contributed by atoms with Crippen LogP contribution in [0.4, 0.5) is 0 Å². The fraction of sp³-hybridized carbons (Fsp3) is 0.429. The number of rotatable bonds is 3. The van der Waals surface area contributed by atoms with Crippen molar-refractivity contribution in [2.45, 2.75) is 25.3 Å². The number of aromatic nitrogens is 3. The van der Waals surface area contributed by atoms with Gasteiger partial charge in [-0.1, -0.05) is 23.2 Å². The van der Waals surface area contributed by atoms with Crippen molar-refractivity contribution < 1.29 is 0 Å². The van der Waals surface area contributed by atoms with Crippen molar-refractivity contribution in [2.75, 3.05) is 13.1 Å². The average Bonchev–Trinajstić information content (AvgIpc) is 2.98. The largest absolute Gasteiger partial charge is 0.298 e. The Hall–Kier alpha value is -1.10. The van der Waals surface area contributed by atoms with Crippen molar-refractivity contribution in [1.82, 2.24) is 20.1 Å². The Morgan fingerprint density at radius 2 is 2.10 bits per heavy atom. The third-order valence-electron chi connectivity index (χ3n) is 3.80. The van der Waals surface area contributed by atoms with Gasteiger partial charge in [-0.05, 0) is 25.5 Å². The highest BCUT2D eigenvalue weighted by molar-refractivity contribution is 6.35. The molecule has 4 nitrogen and oxygen atoms in total. The molecule has 2 aromatic rings. The van der Waals surface area contributed by atoms with E-state index in [1.165, 1.54) is 18.5 Å². The van der Waals surface area contributed by atoms with Crippen molar-refractivity contribution in [2.24, 2.45) is 0 Å². The smallest absolute Gasteiger partial charge is 0.0649 e. The zero-order valence-electron chi connectivity index (χ0n) is 11.0. The van der Waals surface area contributed by atoms with Gasteiger partial charge >= 0.3 is 0 Å². The van der Waals surface area contributed by atoms with Crippen LogP contribution < -0.4 is 0 Å². The summed E-state index contributed by atoms with van der Waals surface area (Å²) < 4.78 is 0. The molecule has 0 aromatic carbocycles. The Morgan fingerprint density at radius 3 is 2.80 bits per heavy atom. The molecule has 106 valence electrons. The number of likely N-dealkylation sites (tertiary alicyclic amines) is 1. The van der Waals surface area contributed by atoms with E-state index in [-0.39, 0.29) is 0 Å². The fourth-order valence-electron chi connectivity index (χ4n) is 2.76. The first-order valence-electron chi connectivity index (χ1n) is 6.73. The number of hydrogen-bond acceptors (Lipinski definition) is 3. The van der Waals surface area contributed by atoms with E-state index in [1.54, 1.807) is 12.4 Å². The highest BCUT2D eigenvalue weighted by Gasteiger charge is 2.23. The molecule has 3 rings (SSSR count). The van der Waals surface area contributed by atoms with E-state index in [0.717, 1.165) is 25.2 Å². The molecule has 0 spiro atoms. The molecule has 6 heteroatoms. The molecule has 1 atom stereocenters. The Kier molecular flexibility index (Phi) is 4.24. The number of H-pyrrole nitrogens is 1. The molecule has 0 saturated carbocycles. The lowest BCUT2D eigenvalue weighted by Gasteiger charge is -2.32. The summed E-state index contributed by atoms with van der Waals surface area (Å²) in [5.41, 5.74) is 2.18. The minimum Gasteiger partial charge on any atom is -0.298 e. The summed E-state index contributed by atoms with van der Waals surface area (Å²) in [4.78, 5) is 6.39. The van der Waals surface area contributed by atoms with Crippen LogP contribution in [0, 0.1) is 0 Å². The van der Waals surface area contributed by atoms with Crippen molar-refractivity contribution in [3.05, 3.63) is 46.0 Å². The monoisotopic (exact) mass is 310 g/mol. The summed E-state index contributed by atoms with van der Waals surface area (Å²) in [6, 6.07) is 2.06. The molecule has 1 unspecified atom stereocenters. The number of pyridine rings is 1. The SMILES string of the molecule is Clc1cncc(Cl)c1CN1CCCC(c2ccn[nH]2)C1. The topological polar surface area (TPSA) is 44.8 Å². The van der Waals surface area contributed by atoms with Crippen LogP contribution in [-0.4, -0.2) is 33.2 Å². The maximum Gasteiger partial charge on any atom is 0.0649 e. The lowest BCUT2D eigenvalue weighted by Crippen LogP contribution is -2.34.